The van der Waals surface area contributed by atoms with Crippen molar-refractivity contribution in [1.82, 2.24) is 0 Å². The zero-order valence-electron chi connectivity index (χ0n) is 9.63. The van der Waals surface area contributed by atoms with E-state index in [4.69, 9.17) is 9.84 Å². The molecule has 0 fully saturated rings. The van der Waals surface area contributed by atoms with Gasteiger partial charge in [0.2, 0.25) is 0 Å². The van der Waals surface area contributed by atoms with Crippen LogP contribution in [0.2, 0.25) is 0 Å². The number of hydrogen-bond acceptors (Lipinski definition) is 5. The Bertz CT molecular complexity index is 245. The van der Waals surface area contributed by atoms with Gasteiger partial charge in [0.15, 0.2) is 0 Å². The minimum absolute atomic E-state index is 0.122. The van der Waals surface area contributed by atoms with Gasteiger partial charge in [-0.25, -0.2) is 0 Å². The van der Waals surface area contributed by atoms with Gasteiger partial charge >= 0.3 is 0 Å². The molecule has 94 valence electrons. The molecule has 0 aliphatic heterocycles. The van der Waals surface area contributed by atoms with E-state index in [0.717, 1.165) is 0 Å². The Labute approximate surface area is 95.3 Å². The molecule has 0 aromatic heterocycles. The highest BCUT2D eigenvalue weighted by atomic mass is 16.5. The maximum absolute atomic E-state index is 9.70. The summed E-state index contributed by atoms with van der Waals surface area (Å²) < 4.78 is 5.15. The molecule has 16 heavy (non-hydrogen) atoms. The van der Waals surface area contributed by atoms with E-state index in [1.807, 2.05) is 0 Å². The summed E-state index contributed by atoms with van der Waals surface area (Å²) in [5, 5.41) is 37.4. The SMILES string of the molecule is C=CCO[C@@H](C(O)=C(C)C)[C@@H](O)[C@H](O)CO. The third-order valence-electron chi connectivity index (χ3n) is 2.07. The minimum Gasteiger partial charge on any atom is -0.510 e. The fraction of sp³-hybridized carbons (Fsp3) is 0.636. The van der Waals surface area contributed by atoms with Crippen molar-refractivity contribution >= 4 is 0 Å². The molecule has 5 heteroatoms. The fourth-order valence-corrected chi connectivity index (χ4v) is 1.11. The fourth-order valence-electron chi connectivity index (χ4n) is 1.11. The predicted molar refractivity (Wildman–Crippen MR) is 60.0 cm³/mol. The molecule has 0 unspecified atom stereocenters. The Morgan fingerprint density at radius 1 is 1.38 bits per heavy atom. The van der Waals surface area contributed by atoms with Gasteiger partial charge in [-0.15, -0.1) is 6.58 Å². The van der Waals surface area contributed by atoms with Crippen molar-refractivity contribution < 1.29 is 25.2 Å². The van der Waals surface area contributed by atoms with Crippen molar-refractivity contribution in [3.05, 3.63) is 24.0 Å². The Kier molecular flexibility index (Phi) is 7.00. The monoisotopic (exact) mass is 232 g/mol. The van der Waals surface area contributed by atoms with Gasteiger partial charge < -0.3 is 25.2 Å². The van der Waals surface area contributed by atoms with Crippen molar-refractivity contribution in [2.45, 2.75) is 32.2 Å². The summed E-state index contributed by atoms with van der Waals surface area (Å²) in [6.45, 7) is 6.26. The van der Waals surface area contributed by atoms with Crippen molar-refractivity contribution in [1.29, 1.82) is 0 Å². The van der Waals surface area contributed by atoms with Gasteiger partial charge in [0.25, 0.3) is 0 Å². The number of allylic oxidation sites excluding steroid dienone is 1. The van der Waals surface area contributed by atoms with E-state index in [-0.39, 0.29) is 12.4 Å². The normalized spacial score (nSPS) is 16.3. The maximum atomic E-state index is 9.70. The molecule has 0 aromatic carbocycles. The van der Waals surface area contributed by atoms with Gasteiger partial charge in [-0.2, -0.15) is 0 Å². The second kappa shape index (κ2) is 7.40. The number of hydrogen-bond donors (Lipinski definition) is 4. The van der Waals surface area contributed by atoms with E-state index in [0.29, 0.717) is 5.57 Å². The van der Waals surface area contributed by atoms with Crippen molar-refractivity contribution in [2.24, 2.45) is 0 Å². The topological polar surface area (TPSA) is 90.2 Å². The Morgan fingerprint density at radius 3 is 2.31 bits per heavy atom. The molecular formula is C11H20O5. The smallest absolute Gasteiger partial charge is 0.143 e. The predicted octanol–water partition coefficient (Wildman–Crippen LogP) is 0.124. The van der Waals surface area contributed by atoms with Crippen LogP contribution in [0.3, 0.4) is 0 Å². The van der Waals surface area contributed by atoms with Crippen LogP contribution in [0.4, 0.5) is 0 Å². The zero-order chi connectivity index (χ0) is 12.7. The third kappa shape index (κ3) is 4.32. The number of rotatable bonds is 7. The molecule has 0 aliphatic rings. The lowest BCUT2D eigenvalue weighted by molar-refractivity contribution is -0.0942. The first-order valence-corrected chi connectivity index (χ1v) is 5.01. The third-order valence-corrected chi connectivity index (χ3v) is 2.07. The Balaban J connectivity index is 4.79. The first-order valence-electron chi connectivity index (χ1n) is 5.01. The molecular weight excluding hydrogens is 212 g/mol. The number of ether oxygens (including phenoxy) is 1. The van der Waals surface area contributed by atoms with Crippen LogP contribution in [0.15, 0.2) is 24.0 Å². The van der Waals surface area contributed by atoms with Crippen LogP contribution in [0, 0.1) is 0 Å². The molecule has 5 nitrogen and oxygen atoms in total. The van der Waals surface area contributed by atoms with Gasteiger partial charge in [-0.1, -0.05) is 6.08 Å². The molecule has 3 atom stereocenters. The van der Waals surface area contributed by atoms with Gasteiger partial charge in [0.05, 0.1) is 13.2 Å². The molecule has 4 N–H and O–H groups in total. The van der Waals surface area contributed by atoms with Crippen molar-refractivity contribution in [3.63, 3.8) is 0 Å². The highest BCUT2D eigenvalue weighted by Crippen LogP contribution is 2.15. The summed E-state index contributed by atoms with van der Waals surface area (Å²) in [5.74, 6) is -0.151. The van der Waals surface area contributed by atoms with Crippen LogP contribution in [-0.4, -0.2) is 52.0 Å². The van der Waals surface area contributed by atoms with E-state index < -0.39 is 24.9 Å². The standard InChI is InChI=1S/C11H20O5/c1-4-5-16-11(9(14)7(2)3)10(15)8(13)6-12/h4,8,10-15H,1,5-6H2,2-3H3/t8-,10+,11+/m1/s1. The van der Waals surface area contributed by atoms with Crippen molar-refractivity contribution in [2.75, 3.05) is 13.2 Å². The molecule has 0 saturated carbocycles. The molecule has 0 heterocycles. The molecule has 0 bridgehead atoms. The van der Waals surface area contributed by atoms with E-state index in [9.17, 15) is 15.3 Å². The number of aliphatic hydroxyl groups excluding tert-OH is 4. The first-order chi connectivity index (χ1) is 7.45. The van der Waals surface area contributed by atoms with Gasteiger partial charge in [0, 0.05) is 0 Å². The Morgan fingerprint density at radius 2 is 1.94 bits per heavy atom. The van der Waals surface area contributed by atoms with E-state index in [1.165, 1.54) is 6.08 Å². The Hall–Kier alpha value is -0.880. The lowest BCUT2D eigenvalue weighted by Gasteiger charge is -2.26. The van der Waals surface area contributed by atoms with Gasteiger partial charge in [-0.3, -0.25) is 0 Å². The second-order valence-corrected chi connectivity index (χ2v) is 3.67. The van der Waals surface area contributed by atoms with E-state index in [1.54, 1.807) is 13.8 Å². The lowest BCUT2D eigenvalue weighted by Crippen LogP contribution is -2.42. The summed E-state index contributed by atoms with van der Waals surface area (Å²) in [5.41, 5.74) is 0.568. The van der Waals surface area contributed by atoms with Crippen molar-refractivity contribution in [3.8, 4) is 0 Å². The maximum Gasteiger partial charge on any atom is 0.143 e. The summed E-state index contributed by atoms with van der Waals surface area (Å²) >= 11 is 0. The molecule has 0 radical (unpaired) electrons. The molecule has 0 aliphatic carbocycles. The second-order valence-electron chi connectivity index (χ2n) is 3.67. The quantitative estimate of drug-likeness (QED) is 0.370. The van der Waals surface area contributed by atoms with Gasteiger partial charge in [-0.05, 0) is 19.4 Å². The first kappa shape index (κ1) is 15.1. The highest BCUT2D eigenvalue weighted by molar-refractivity contribution is 5.09. The van der Waals surface area contributed by atoms with Gasteiger partial charge in [0.1, 0.15) is 24.1 Å². The molecule has 0 amide bonds. The van der Waals surface area contributed by atoms with E-state index >= 15 is 0 Å². The number of aliphatic hydroxyl groups is 4. The lowest BCUT2D eigenvalue weighted by atomic mass is 10.0. The molecule has 0 spiro atoms. The average Bonchev–Trinajstić information content (AvgIpc) is 2.27. The molecule has 0 rings (SSSR count). The average molecular weight is 232 g/mol. The summed E-state index contributed by atoms with van der Waals surface area (Å²) in [7, 11) is 0. The van der Waals surface area contributed by atoms with Crippen LogP contribution in [0.25, 0.3) is 0 Å². The van der Waals surface area contributed by atoms with Crippen LogP contribution < -0.4 is 0 Å². The summed E-state index contributed by atoms with van der Waals surface area (Å²) in [6.07, 6.45) is -2.36. The highest BCUT2D eigenvalue weighted by Gasteiger charge is 2.30. The summed E-state index contributed by atoms with van der Waals surface area (Å²) in [4.78, 5) is 0. The largest absolute Gasteiger partial charge is 0.510 e. The molecule has 0 saturated heterocycles. The zero-order valence-corrected chi connectivity index (χ0v) is 9.63. The van der Waals surface area contributed by atoms with Crippen LogP contribution >= 0.6 is 0 Å². The molecule has 0 aromatic rings. The van der Waals surface area contributed by atoms with Crippen LogP contribution in [-0.2, 0) is 4.74 Å². The van der Waals surface area contributed by atoms with Crippen LogP contribution in [0.5, 0.6) is 0 Å². The van der Waals surface area contributed by atoms with Crippen LogP contribution in [0.1, 0.15) is 13.8 Å². The minimum atomic E-state index is -1.39. The van der Waals surface area contributed by atoms with E-state index in [2.05, 4.69) is 6.58 Å². The summed E-state index contributed by atoms with van der Waals surface area (Å²) in [6, 6.07) is 0.